The number of carbonyl (C=O) groups is 2. The molecule has 0 atom stereocenters. The second-order valence-electron chi connectivity index (χ2n) is 6.34. The topological polar surface area (TPSA) is 127 Å². The number of furan rings is 1. The molecule has 0 bridgehead atoms. The normalized spacial score (nSPS) is 11.9. The van der Waals surface area contributed by atoms with Crippen LogP contribution < -0.4 is 11.1 Å². The van der Waals surface area contributed by atoms with Crippen molar-refractivity contribution in [1.82, 2.24) is 15.2 Å². The third kappa shape index (κ3) is 3.79. The van der Waals surface area contributed by atoms with E-state index in [4.69, 9.17) is 10.2 Å². The van der Waals surface area contributed by atoms with Crippen LogP contribution in [0.25, 0.3) is 21.5 Å². The highest BCUT2D eigenvalue weighted by Gasteiger charge is 2.34. The van der Waals surface area contributed by atoms with Gasteiger partial charge in [-0.05, 0) is 18.2 Å². The molecule has 4 aromatic rings. The molecule has 0 fully saturated rings. The monoisotopic (exact) mass is 471 g/mol. The maximum absolute atomic E-state index is 13.4. The van der Waals surface area contributed by atoms with Gasteiger partial charge in [-0.3, -0.25) is 14.7 Å². The summed E-state index contributed by atoms with van der Waals surface area (Å²) in [6.45, 7) is 0. The Morgan fingerprint density at radius 1 is 1.25 bits per heavy atom. The summed E-state index contributed by atoms with van der Waals surface area (Å²) in [4.78, 5) is 28.1. The average Bonchev–Trinajstić information content (AvgIpc) is 3.46. The van der Waals surface area contributed by atoms with Crippen LogP contribution in [-0.4, -0.2) is 27.0 Å². The summed E-state index contributed by atoms with van der Waals surface area (Å²) in [5.74, 6) is -1.98. The molecule has 0 radical (unpaired) electrons. The van der Waals surface area contributed by atoms with Crippen LogP contribution in [0.5, 0.6) is 0 Å². The number of aromatic amines is 1. The van der Waals surface area contributed by atoms with Gasteiger partial charge in [-0.2, -0.15) is 18.3 Å². The van der Waals surface area contributed by atoms with Crippen LogP contribution in [0.1, 0.15) is 38.0 Å². The Bertz CT molecular complexity index is 1330. The van der Waals surface area contributed by atoms with Gasteiger partial charge in [-0.1, -0.05) is 0 Å². The van der Waals surface area contributed by atoms with E-state index < -0.39 is 41.5 Å². The summed E-state index contributed by atoms with van der Waals surface area (Å²) < 4.78 is 70.4. The number of aromatic nitrogens is 3. The number of amides is 2. The van der Waals surface area contributed by atoms with E-state index in [-0.39, 0.29) is 32.1 Å². The number of hydrogen-bond acceptors (Lipinski definition) is 6. The molecule has 4 rings (SSSR count). The molecule has 0 unspecified atom stereocenters. The Hall–Kier alpha value is -3.81. The number of primary amides is 1. The summed E-state index contributed by atoms with van der Waals surface area (Å²) in [6.07, 6.45) is -6.43. The van der Waals surface area contributed by atoms with Gasteiger partial charge in [-0.25, -0.2) is 13.8 Å². The van der Waals surface area contributed by atoms with Crippen LogP contribution in [0.3, 0.4) is 0 Å². The zero-order valence-electron chi connectivity index (χ0n) is 15.5. The number of nitrogens with two attached hydrogens (primary N) is 1. The highest BCUT2D eigenvalue weighted by atomic mass is 32.1. The lowest BCUT2D eigenvalue weighted by Gasteiger charge is -2.08. The third-order valence-electron chi connectivity index (χ3n) is 4.27. The first-order valence-corrected chi connectivity index (χ1v) is 9.41. The van der Waals surface area contributed by atoms with E-state index in [1.807, 2.05) is 0 Å². The number of nitrogens with one attached hydrogen (secondary N) is 2. The van der Waals surface area contributed by atoms with Gasteiger partial charge in [0.05, 0.1) is 12.0 Å². The molecule has 14 heteroatoms. The summed E-state index contributed by atoms with van der Waals surface area (Å²) in [5.41, 5.74) is 2.75. The Labute approximate surface area is 178 Å². The number of nitrogens with zero attached hydrogens (tertiary/aromatic N) is 2. The predicted octanol–water partition coefficient (Wildman–Crippen LogP) is 4.59. The highest BCUT2D eigenvalue weighted by molar-refractivity contribution is 7.21. The van der Waals surface area contributed by atoms with Crippen molar-refractivity contribution in [2.75, 3.05) is 5.32 Å². The minimum Gasteiger partial charge on any atom is -0.464 e. The maximum atomic E-state index is 13.4. The molecule has 0 spiro atoms. The lowest BCUT2D eigenvalue weighted by Crippen LogP contribution is -2.17. The Balaban J connectivity index is 1.88. The number of anilines is 1. The van der Waals surface area contributed by atoms with Gasteiger partial charge in [0.25, 0.3) is 18.2 Å². The minimum atomic E-state index is -4.76. The molecule has 0 aliphatic carbocycles. The summed E-state index contributed by atoms with van der Waals surface area (Å²) in [5, 5.41) is 7.38. The number of thiophene rings is 1. The van der Waals surface area contributed by atoms with Crippen molar-refractivity contribution in [3.8, 4) is 11.3 Å². The van der Waals surface area contributed by atoms with Gasteiger partial charge in [0.2, 0.25) is 0 Å². The van der Waals surface area contributed by atoms with Crippen molar-refractivity contribution in [2.45, 2.75) is 12.6 Å². The molecular formula is C18H10F5N5O3S. The second kappa shape index (κ2) is 7.71. The third-order valence-corrected chi connectivity index (χ3v) is 5.37. The first-order valence-electron chi connectivity index (χ1n) is 8.59. The smallest absolute Gasteiger partial charge is 0.432 e. The molecule has 32 heavy (non-hydrogen) atoms. The van der Waals surface area contributed by atoms with Crippen molar-refractivity contribution >= 4 is 39.1 Å². The second-order valence-corrected chi connectivity index (χ2v) is 7.34. The lowest BCUT2D eigenvalue weighted by molar-refractivity contribution is -0.141. The molecule has 0 aromatic carbocycles. The number of fused-ring (bicyclic) bond motifs is 1. The number of carbonyl (C=O) groups excluding carboxylic acids is 2. The van der Waals surface area contributed by atoms with Crippen molar-refractivity contribution in [1.29, 1.82) is 0 Å². The zero-order valence-corrected chi connectivity index (χ0v) is 16.3. The van der Waals surface area contributed by atoms with E-state index >= 15 is 0 Å². The molecule has 4 aromatic heterocycles. The fourth-order valence-corrected chi connectivity index (χ4v) is 3.92. The Morgan fingerprint density at radius 2 is 2.00 bits per heavy atom. The van der Waals surface area contributed by atoms with Crippen LogP contribution >= 0.6 is 11.3 Å². The quantitative estimate of drug-likeness (QED) is 0.367. The maximum Gasteiger partial charge on any atom is 0.432 e. The number of hydrogen-bond donors (Lipinski definition) is 3. The van der Waals surface area contributed by atoms with Gasteiger partial charge in [0, 0.05) is 17.0 Å². The van der Waals surface area contributed by atoms with E-state index in [1.165, 1.54) is 18.4 Å². The molecule has 0 saturated carbocycles. The van der Waals surface area contributed by atoms with Gasteiger partial charge in [-0.15, -0.1) is 11.3 Å². The van der Waals surface area contributed by atoms with Crippen molar-refractivity contribution < 1.29 is 36.0 Å². The zero-order chi connectivity index (χ0) is 23.2. The molecule has 2 amide bonds. The van der Waals surface area contributed by atoms with E-state index in [1.54, 1.807) is 5.10 Å². The molecule has 0 aliphatic heterocycles. The summed E-state index contributed by atoms with van der Waals surface area (Å²) in [7, 11) is 0. The Kier molecular flexibility index (Phi) is 5.16. The van der Waals surface area contributed by atoms with E-state index in [0.717, 1.165) is 6.07 Å². The van der Waals surface area contributed by atoms with Crippen LogP contribution in [-0.2, 0) is 6.18 Å². The van der Waals surface area contributed by atoms with Crippen LogP contribution in [0.15, 0.2) is 34.9 Å². The van der Waals surface area contributed by atoms with Crippen molar-refractivity contribution in [3.05, 3.63) is 52.5 Å². The summed E-state index contributed by atoms with van der Waals surface area (Å²) in [6, 6.07) is 4.45. The number of rotatable bonds is 5. The van der Waals surface area contributed by atoms with Crippen LogP contribution in [0.2, 0.25) is 0 Å². The van der Waals surface area contributed by atoms with Crippen LogP contribution in [0.4, 0.5) is 27.6 Å². The largest absolute Gasteiger partial charge is 0.464 e. The van der Waals surface area contributed by atoms with E-state index in [2.05, 4.69) is 15.4 Å². The average molecular weight is 471 g/mol. The molecule has 8 nitrogen and oxygen atoms in total. The summed E-state index contributed by atoms with van der Waals surface area (Å²) >= 11 is 0.638. The van der Waals surface area contributed by atoms with Gasteiger partial charge in [0.1, 0.15) is 26.9 Å². The molecule has 166 valence electrons. The van der Waals surface area contributed by atoms with E-state index in [0.29, 0.717) is 17.4 Å². The van der Waals surface area contributed by atoms with E-state index in [9.17, 15) is 31.5 Å². The number of halogens is 5. The number of pyridine rings is 1. The van der Waals surface area contributed by atoms with Gasteiger partial charge in [0.15, 0.2) is 5.69 Å². The first-order chi connectivity index (χ1) is 15.1. The fourth-order valence-electron chi connectivity index (χ4n) is 2.91. The van der Waals surface area contributed by atoms with Crippen LogP contribution in [0, 0.1) is 0 Å². The standard InChI is InChI=1S/C18H10F5N5O3S/c19-14(20)7-4-6(9-2-1-3-31-9)11-12(13(15(24)29)32-17(11)25-7)26-16(30)8-5-10(28-27-8)18(21,22)23/h1-5,14H,(H2,24,29)(H,26,30)(H,27,28). The molecule has 4 heterocycles. The highest BCUT2D eigenvalue weighted by Crippen LogP contribution is 2.42. The molecule has 0 aliphatic rings. The van der Waals surface area contributed by atoms with Gasteiger partial charge < -0.3 is 15.5 Å². The van der Waals surface area contributed by atoms with Crippen molar-refractivity contribution in [2.24, 2.45) is 5.73 Å². The predicted molar refractivity (Wildman–Crippen MR) is 102 cm³/mol. The first kappa shape index (κ1) is 21.4. The number of H-pyrrole nitrogens is 1. The molecular weight excluding hydrogens is 461 g/mol. The van der Waals surface area contributed by atoms with Gasteiger partial charge >= 0.3 is 6.18 Å². The fraction of sp³-hybridized carbons (Fsp3) is 0.111. The lowest BCUT2D eigenvalue weighted by atomic mass is 10.1. The Morgan fingerprint density at radius 3 is 2.56 bits per heavy atom. The number of alkyl halides is 5. The SMILES string of the molecule is NC(=O)c1sc2nc(C(F)F)cc(-c3ccco3)c2c1NC(=O)c1cc(C(F)(F)F)[nH]n1. The minimum absolute atomic E-state index is 0.0584. The molecule has 0 saturated heterocycles. The molecule has 4 N–H and O–H groups in total. The van der Waals surface area contributed by atoms with Crippen molar-refractivity contribution in [3.63, 3.8) is 0 Å².